The number of benzene rings is 1. The van der Waals surface area contributed by atoms with Crippen molar-refractivity contribution in [3.8, 4) is 11.5 Å². The lowest BCUT2D eigenvalue weighted by molar-refractivity contribution is 0.251. The fraction of sp³-hybridized carbons (Fsp3) is 0.571. The maximum absolute atomic E-state index is 8.88. The van der Waals surface area contributed by atoms with Gasteiger partial charge in [0, 0.05) is 6.04 Å². The van der Waals surface area contributed by atoms with E-state index in [4.69, 9.17) is 14.6 Å². The maximum atomic E-state index is 8.88. The Morgan fingerprint density at radius 1 is 1.21 bits per heavy atom. The van der Waals surface area contributed by atoms with E-state index in [1.807, 2.05) is 19.1 Å². The van der Waals surface area contributed by atoms with Crippen LogP contribution in [0.25, 0.3) is 0 Å². The Morgan fingerprint density at radius 3 is 2.47 bits per heavy atom. The standard InChI is InChI=1S/C14H23NO3.ClH/c1-11(10-16)15-8-4-5-12-6-7-13(17-2)14(9-12)18-3;/h6-7,9,11,15-16H,4-5,8,10H2,1-3H3;1H. The van der Waals surface area contributed by atoms with Gasteiger partial charge >= 0.3 is 0 Å². The van der Waals surface area contributed by atoms with E-state index in [-0.39, 0.29) is 25.1 Å². The first kappa shape index (κ1) is 18.0. The highest BCUT2D eigenvalue weighted by atomic mass is 35.5. The van der Waals surface area contributed by atoms with Crippen molar-refractivity contribution in [2.45, 2.75) is 25.8 Å². The van der Waals surface area contributed by atoms with Crippen LogP contribution in [0.1, 0.15) is 18.9 Å². The van der Waals surface area contributed by atoms with Crippen LogP contribution >= 0.6 is 12.4 Å². The molecule has 5 heteroatoms. The zero-order valence-corrected chi connectivity index (χ0v) is 12.6. The Kier molecular flexibility index (Phi) is 9.39. The van der Waals surface area contributed by atoms with Crippen molar-refractivity contribution in [1.29, 1.82) is 0 Å². The molecule has 2 N–H and O–H groups in total. The zero-order chi connectivity index (χ0) is 13.4. The molecule has 0 radical (unpaired) electrons. The number of aliphatic hydroxyl groups excluding tert-OH is 1. The monoisotopic (exact) mass is 289 g/mol. The number of hydrogen-bond acceptors (Lipinski definition) is 4. The lowest BCUT2D eigenvalue weighted by atomic mass is 10.1. The first-order valence-electron chi connectivity index (χ1n) is 6.26. The molecule has 1 aromatic carbocycles. The smallest absolute Gasteiger partial charge is 0.160 e. The Labute approximate surface area is 121 Å². The summed E-state index contributed by atoms with van der Waals surface area (Å²) in [5.74, 6) is 1.53. The Morgan fingerprint density at radius 2 is 1.89 bits per heavy atom. The van der Waals surface area contributed by atoms with Gasteiger partial charge in [-0.1, -0.05) is 6.07 Å². The van der Waals surface area contributed by atoms with Gasteiger partial charge in [-0.25, -0.2) is 0 Å². The molecule has 0 fully saturated rings. The van der Waals surface area contributed by atoms with E-state index in [1.54, 1.807) is 14.2 Å². The minimum Gasteiger partial charge on any atom is -0.493 e. The molecule has 4 nitrogen and oxygen atoms in total. The molecule has 19 heavy (non-hydrogen) atoms. The number of methoxy groups -OCH3 is 2. The van der Waals surface area contributed by atoms with Crippen LogP contribution in [0, 0.1) is 0 Å². The normalized spacial score (nSPS) is 11.6. The molecule has 0 bridgehead atoms. The lowest BCUT2D eigenvalue weighted by Gasteiger charge is -2.11. The molecule has 0 saturated heterocycles. The third-order valence-electron chi connectivity index (χ3n) is 2.86. The van der Waals surface area contributed by atoms with E-state index in [0.717, 1.165) is 30.9 Å². The van der Waals surface area contributed by atoms with Crippen LogP contribution in [-0.2, 0) is 6.42 Å². The summed E-state index contributed by atoms with van der Waals surface area (Å²) < 4.78 is 10.5. The number of rotatable bonds is 8. The number of aliphatic hydroxyl groups is 1. The molecule has 0 saturated carbocycles. The van der Waals surface area contributed by atoms with E-state index in [1.165, 1.54) is 5.56 Å². The van der Waals surface area contributed by atoms with Gasteiger partial charge in [0.1, 0.15) is 0 Å². The van der Waals surface area contributed by atoms with Gasteiger partial charge in [0.2, 0.25) is 0 Å². The highest BCUT2D eigenvalue weighted by Gasteiger charge is 2.04. The largest absolute Gasteiger partial charge is 0.493 e. The maximum Gasteiger partial charge on any atom is 0.160 e. The van der Waals surface area contributed by atoms with Crippen molar-refractivity contribution in [1.82, 2.24) is 5.32 Å². The molecular weight excluding hydrogens is 266 g/mol. The van der Waals surface area contributed by atoms with Crippen molar-refractivity contribution < 1.29 is 14.6 Å². The lowest BCUT2D eigenvalue weighted by Crippen LogP contribution is -2.30. The van der Waals surface area contributed by atoms with Crippen molar-refractivity contribution in [3.63, 3.8) is 0 Å². The van der Waals surface area contributed by atoms with Crippen molar-refractivity contribution in [2.75, 3.05) is 27.4 Å². The van der Waals surface area contributed by atoms with E-state index in [9.17, 15) is 0 Å². The van der Waals surface area contributed by atoms with Crippen molar-refractivity contribution in [2.24, 2.45) is 0 Å². The number of aryl methyl sites for hydroxylation is 1. The van der Waals surface area contributed by atoms with Gasteiger partial charge in [-0.3, -0.25) is 0 Å². The minimum atomic E-state index is 0. The summed E-state index contributed by atoms with van der Waals surface area (Å²) in [6.45, 7) is 3.04. The van der Waals surface area contributed by atoms with E-state index >= 15 is 0 Å². The zero-order valence-electron chi connectivity index (χ0n) is 11.8. The van der Waals surface area contributed by atoms with Crippen LogP contribution in [0.15, 0.2) is 18.2 Å². The average molecular weight is 290 g/mol. The van der Waals surface area contributed by atoms with Gasteiger partial charge in [0.05, 0.1) is 20.8 Å². The Hall–Kier alpha value is -0.970. The van der Waals surface area contributed by atoms with Crippen molar-refractivity contribution >= 4 is 12.4 Å². The molecule has 1 atom stereocenters. The second-order valence-electron chi connectivity index (χ2n) is 4.33. The predicted octanol–water partition coefficient (Wildman–Crippen LogP) is 2.03. The van der Waals surface area contributed by atoms with Crippen LogP contribution in [0.3, 0.4) is 0 Å². The van der Waals surface area contributed by atoms with E-state index < -0.39 is 0 Å². The summed E-state index contributed by atoms with van der Waals surface area (Å²) in [7, 11) is 3.28. The fourth-order valence-corrected chi connectivity index (χ4v) is 1.74. The van der Waals surface area contributed by atoms with Crippen molar-refractivity contribution in [3.05, 3.63) is 23.8 Å². The molecule has 1 aromatic rings. The fourth-order valence-electron chi connectivity index (χ4n) is 1.74. The van der Waals surface area contributed by atoms with Gasteiger partial charge in [0.25, 0.3) is 0 Å². The van der Waals surface area contributed by atoms with Gasteiger partial charge in [-0.05, 0) is 44.0 Å². The van der Waals surface area contributed by atoms with Gasteiger partial charge in [-0.2, -0.15) is 0 Å². The third-order valence-corrected chi connectivity index (χ3v) is 2.86. The highest BCUT2D eigenvalue weighted by Crippen LogP contribution is 2.27. The van der Waals surface area contributed by atoms with Gasteiger partial charge < -0.3 is 19.9 Å². The molecule has 0 spiro atoms. The molecule has 0 aliphatic rings. The molecule has 0 amide bonds. The first-order valence-corrected chi connectivity index (χ1v) is 6.26. The molecule has 0 aromatic heterocycles. The molecule has 1 rings (SSSR count). The second-order valence-corrected chi connectivity index (χ2v) is 4.33. The number of halogens is 1. The Balaban J connectivity index is 0.00000324. The second kappa shape index (κ2) is 9.89. The first-order chi connectivity index (χ1) is 8.71. The van der Waals surface area contributed by atoms with Crippen LogP contribution in [0.4, 0.5) is 0 Å². The Bertz CT molecular complexity index is 361. The average Bonchev–Trinajstić information content (AvgIpc) is 2.42. The van der Waals surface area contributed by atoms with Crippen LogP contribution in [0.5, 0.6) is 11.5 Å². The number of ether oxygens (including phenoxy) is 2. The summed E-state index contributed by atoms with van der Waals surface area (Å²) in [6.07, 6.45) is 2.01. The highest BCUT2D eigenvalue weighted by molar-refractivity contribution is 5.85. The molecule has 0 aliphatic carbocycles. The minimum absolute atomic E-state index is 0. The third kappa shape index (κ3) is 6.14. The van der Waals surface area contributed by atoms with Crippen LogP contribution in [-0.4, -0.2) is 38.5 Å². The van der Waals surface area contributed by atoms with Crippen LogP contribution in [0.2, 0.25) is 0 Å². The summed E-state index contributed by atoms with van der Waals surface area (Å²) in [6, 6.07) is 6.15. The SMILES string of the molecule is COc1ccc(CCCNC(C)CO)cc1OC.Cl. The van der Waals surface area contributed by atoms with E-state index in [2.05, 4.69) is 11.4 Å². The summed E-state index contributed by atoms with van der Waals surface area (Å²) >= 11 is 0. The summed E-state index contributed by atoms with van der Waals surface area (Å²) in [5.41, 5.74) is 1.23. The topological polar surface area (TPSA) is 50.7 Å². The van der Waals surface area contributed by atoms with Gasteiger partial charge in [0.15, 0.2) is 11.5 Å². The van der Waals surface area contributed by atoms with Crippen LogP contribution < -0.4 is 14.8 Å². The molecule has 0 aliphatic heterocycles. The quantitative estimate of drug-likeness (QED) is 0.719. The molecule has 0 heterocycles. The molecular formula is C14H24ClNO3. The number of hydrogen-bond donors (Lipinski definition) is 2. The summed E-state index contributed by atoms with van der Waals surface area (Å²) in [4.78, 5) is 0. The molecule has 1 unspecified atom stereocenters. The van der Waals surface area contributed by atoms with E-state index in [0.29, 0.717) is 0 Å². The molecule has 110 valence electrons. The van der Waals surface area contributed by atoms with Gasteiger partial charge in [-0.15, -0.1) is 12.4 Å². The number of nitrogens with one attached hydrogen (secondary N) is 1. The summed E-state index contributed by atoms with van der Waals surface area (Å²) in [5, 5.41) is 12.1. The predicted molar refractivity (Wildman–Crippen MR) is 79.7 cm³/mol.